The zero-order chi connectivity index (χ0) is 11.7. The van der Waals surface area contributed by atoms with Gasteiger partial charge in [0.05, 0.1) is 6.54 Å². The molecule has 0 spiro atoms. The molecular weight excluding hydrogens is 212 g/mol. The highest BCUT2D eigenvalue weighted by molar-refractivity contribution is 5.32. The number of rotatable bonds is 4. The van der Waals surface area contributed by atoms with Gasteiger partial charge in [0.2, 0.25) is 5.95 Å². The lowest BCUT2D eigenvalue weighted by Crippen LogP contribution is -2.10. The molecule has 1 saturated carbocycles. The second-order valence-electron chi connectivity index (χ2n) is 4.60. The van der Waals surface area contributed by atoms with Gasteiger partial charge in [-0.3, -0.25) is 4.98 Å². The Morgan fingerprint density at radius 1 is 1.41 bits per heavy atom. The van der Waals surface area contributed by atoms with Gasteiger partial charge in [-0.2, -0.15) is 0 Å². The first-order valence-corrected chi connectivity index (χ1v) is 6.00. The molecule has 0 aromatic carbocycles. The molecule has 2 aromatic rings. The van der Waals surface area contributed by atoms with Crippen LogP contribution in [0.15, 0.2) is 30.9 Å². The molecule has 2 heterocycles. The molecule has 88 valence electrons. The van der Waals surface area contributed by atoms with Crippen molar-refractivity contribution in [1.82, 2.24) is 14.5 Å². The van der Waals surface area contributed by atoms with Crippen LogP contribution in [0.4, 0.5) is 5.95 Å². The van der Waals surface area contributed by atoms with Crippen LogP contribution in [-0.4, -0.2) is 20.6 Å². The Balaban J connectivity index is 1.80. The number of imidazole rings is 1. The summed E-state index contributed by atoms with van der Waals surface area (Å²) >= 11 is 0. The van der Waals surface area contributed by atoms with E-state index in [1.807, 2.05) is 30.9 Å². The predicted molar refractivity (Wildman–Crippen MR) is 66.9 cm³/mol. The van der Waals surface area contributed by atoms with Crippen LogP contribution in [0.3, 0.4) is 0 Å². The van der Waals surface area contributed by atoms with Gasteiger partial charge in [-0.1, -0.05) is 0 Å². The van der Waals surface area contributed by atoms with Crippen molar-refractivity contribution in [3.63, 3.8) is 0 Å². The monoisotopic (exact) mass is 228 g/mol. The Hall–Kier alpha value is -1.84. The van der Waals surface area contributed by atoms with Crippen LogP contribution < -0.4 is 5.32 Å². The van der Waals surface area contributed by atoms with Crippen molar-refractivity contribution in [2.75, 3.05) is 5.32 Å². The van der Waals surface area contributed by atoms with E-state index >= 15 is 0 Å². The van der Waals surface area contributed by atoms with E-state index in [0.717, 1.165) is 12.5 Å². The molecule has 1 fully saturated rings. The van der Waals surface area contributed by atoms with Crippen molar-refractivity contribution >= 4 is 5.95 Å². The highest BCUT2D eigenvalue weighted by atomic mass is 15.2. The van der Waals surface area contributed by atoms with Crippen LogP contribution in [0.25, 0.3) is 0 Å². The quantitative estimate of drug-likeness (QED) is 0.872. The van der Waals surface area contributed by atoms with Crippen LogP contribution in [0, 0.1) is 6.92 Å². The third kappa shape index (κ3) is 2.30. The minimum atomic E-state index is 0.631. The lowest BCUT2D eigenvalue weighted by atomic mass is 10.1. The van der Waals surface area contributed by atoms with E-state index in [-0.39, 0.29) is 0 Å². The minimum absolute atomic E-state index is 0.631. The molecule has 1 aliphatic rings. The molecule has 0 unspecified atom stereocenters. The molecule has 0 bridgehead atoms. The first kappa shape index (κ1) is 10.3. The van der Waals surface area contributed by atoms with E-state index in [4.69, 9.17) is 0 Å². The summed E-state index contributed by atoms with van der Waals surface area (Å²) in [6.07, 6.45) is 10.1. The van der Waals surface area contributed by atoms with Gasteiger partial charge < -0.3 is 9.88 Å². The van der Waals surface area contributed by atoms with E-state index < -0.39 is 0 Å². The van der Waals surface area contributed by atoms with Crippen LogP contribution in [0.2, 0.25) is 0 Å². The SMILES string of the molecule is Cc1ccncc1Cn1ccnc1NC1CC1. The first-order valence-electron chi connectivity index (χ1n) is 6.00. The van der Waals surface area contributed by atoms with Gasteiger partial charge in [-0.05, 0) is 37.0 Å². The number of aromatic nitrogens is 3. The Morgan fingerprint density at radius 3 is 3.06 bits per heavy atom. The summed E-state index contributed by atoms with van der Waals surface area (Å²) in [5, 5.41) is 3.44. The number of anilines is 1. The molecule has 0 radical (unpaired) electrons. The molecule has 4 heteroatoms. The molecule has 4 nitrogen and oxygen atoms in total. The maximum atomic E-state index is 4.35. The highest BCUT2D eigenvalue weighted by Gasteiger charge is 2.22. The second-order valence-corrected chi connectivity index (χ2v) is 4.60. The average Bonchev–Trinajstić information content (AvgIpc) is 3.03. The largest absolute Gasteiger partial charge is 0.353 e. The Morgan fingerprint density at radius 2 is 2.29 bits per heavy atom. The van der Waals surface area contributed by atoms with Crippen molar-refractivity contribution in [3.8, 4) is 0 Å². The molecule has 3 rings (SSSR count). The number of pyridine rings is 1. The van der Waals surface area contributed by atoms with Gasteiger partial charge in [0.15, 0.2) is 0 Å². The summed E-state index contributed by atoms with van der Waals surface area (Å²) in [5.74, 6) is 0.968. The fourth-order valence-corrected chi connectivity index (χ4v) is 1.83. The Bertz CT molecular complexity index is 514. The molecule has 0 aliphatic heterocycles. The van der Waals surface area contributed by atoms with Crippen LogP contribution >= 0.6 is 0 Å². The lowest BCUT2D eigenvalue weighted by Gasteiger charge is -2.10. The smallest absolute Gasteiger partial charge is 0.203 e. The molecule has 0 atom stereocenters. The zero-order valence-electron chi connectivity index (χ0n) is 9.93. The van der Waals surface area contributed by atoms with E-state index in [1.165, 1.54) is 24.0 Å². The topological polar surface area (TPSA) is 42.7 Å². The lowest BCUT2D eigenvalue weighted by molar-refractivity contribution is 0.787. The fraction of sp³-hybridized carbons (Fsp3) is 0.385. The summed E-state index contributed by atoms with van der Waals surface area (Å²) < 4.78 is 2.14. The van der Waals surface area contributed by atoms with Gasteiger partial charge in [0.25, 0.3) is 0 Å². The van der Waals surface area contributed by atoms with Crippen molar-refractivity contribution in [2.24, 2.45) is 0 Å². The molecule has 2 aromatic heterocycles. The van der Waals surface area contributed by atoms with Gasteiger partial charge in [-0.25, -0.2) is 4.98 Å². The molecular formula is C13H16N4. The summed E-state index contributed by atoms with van der Waals surface area (Å²) in [6, 6.07) is 2.67. The molecule has 17 heavy (non-hydrogen) atoms. The maximum absolute atomic E-state index is 4.35. The molecule has 1 aliphatic carbocycles. The van der Waals surface area contributed by atoms with Gasteiger partial charge in [0.1, 0.15) is 0 Å². The Kier molecular flexibility index (Phi) is 2.55. The van der Waals surface area contributed by atoms with Crippen LogP contribution in [-0.2, 0) is 6.54 Å². The van der Waals surface area contributed by atoms with Gasteiger partial charge in [-0.15, -0.1) is 0 Å². The van der Waals surface area contributed by atoms with Crippen molar-refractivity contribution < 1.29 is 0 Å². The normalized spacial score (nSPS) is 14.9. The minimum Gasteiger partial charge on any atom is -0.353 e. The summed E-state index contributed by atoms with van der Waals surface area (Å²) in [7, 11) is 0. The standard InChI is InChI=1S/C13H16N4/c1-10-4-5-14-8-11(10)9-17-7-6-15-13(17)16-12-2-3-12/h4-8,12H,2-3,9H2,1H3,(H,15,16). The van der Waals surface area contributed by atoms with Crippen LogP contribution in [0.1, 0.15) is 24.0 Å². The number of nitrogens with one attached hydrogen (secondary N) is 1. The second kappa shape index (κ2) is 4.20. The summed E-state index contributed by atoms with van der Waals surface area (Å²) in [6.45, 7) is 2.94. The Labute approximate surface area is 101 Å². The summed E-state index contributed by atoms with van der Waals surface area (Å²) in [4.78, 5) is 8.53. The average molecular weight is 228 g/mol. The molecule has 0 amide bonds. The van der Waals surface area contributed by atoms with Crippen LogP contribution in [0.5, 0.6) is 0 Å². The third-order valence-electron chi connectivity index (χ3n) is 3.11. The van der Waals surface area contributed by atoms with Gasteiger partial charge >= 0.3 is 0 Å². The third-order valence-corrected chi connectivity index (χ3v) is 3.11. The van der Waals surface area contributed by atoms with Crippen molar-refractivity contribution in [1.29, 1.82) is 0 Å². The van der Waals surface area contributed by atoms with E-state index in [1.54, 1.807) is 0 Å². The van der Waals surface area contributed by atoms with Crippen molar-refractivity contribution in [2.45, 2.75) is 32.4 Å². The summed E-state index contributed by atoms with van der Waals surface area (Å²) in [5.41, 5.74) is 2.51. The van der Waals surface area contributed by atoms with E-state index in [0.29, 0.717) is 6.04 Å². The number of hydrogen-bond acceptors (Lipinski definition) is 3. The molecule has 1 N–H and O–H groups in total. The fourth-order valence-electron chi connectivity index (χ4n) is 1.83. The molecule has 0 saturated heterocycles. The van der Waals surface area contributed by atoms with Crippen molar-refractivity contribution in [3.05, 3.63) is 42.0 Å². The number of aryl methyl sites for hydroxylation is 1. The number of nitrogens with zero attached hydrogens (tertiary/aromatic N) is 3. The van der Waals surface area contributed by atoms with Gasteiger partial charge in [0, 0.05) is 30.8 Å². The predicted octanol–water partition coefficient (Wildman–Crippen LogP) is 2.21. The highest BCUT2D eigenvalue weighted by Crippen LogP contribution is 2.24. The maximum Gasteiger partial charge on any atom is 0.203 e. The zero-order valence-corrected chi connectivity index (χ0v) is 9.93. The van der Waals surface area contributed by atoms with E-state index in [2.05, 4.69) is 26.8 Å². The first-order chi connectivity index (χ1) is 8.33. The number of hydrogen-bond donors (Lipinski definition) is 1. The van der Waals surface area contributed by atoms with E-state index in [9.17, 15) is 0 Å².